The van der Waals surface area contributed by atoms with E-state index in [4.69, 9.17) is 23.2 Å². The highest BCUT2D eigenvalue weighted by molar-refractivity contribution is 7.99. The van der Waals surface area contributed by atoms with E-state index in [1.165, 1.54) is 11.8 Å². The largest absolute Gasteiger partial charge is 0.352 e. The van der Waals surface area contributed by atoms with Gasteiger partial charge in [0.2, 0.25) is 11.8 Å². The fourth-order valence-corrected chi connectivity index (χ4v) is 5.11. The summed E-state index contributed by atoms with van der Waals surface area (Å²) in [5.74, 6) is 0.653. The van der Waals surface area contributed by atoms with Crippen molar-refractivity contribution < 1.29 is 9.59 Å². The summed E-state index contributed by atoms with van der Waals surface area (Å²) in [6.07, 6.45) is 1.26. The molecule has 196 valence electrons. The molecule has 0 aliphatic heterocycles. The van der Waals surface area contributed by atoms with Crippen molar-refractivity contribution in [1.29, 1.82) is 0 Å². The van der Waals surface area contributed by atoms with Gasteiger partial charge in [-0.3, -0.25) is 9.59 Å². The van der Waals surface area contributed by atoms with Crippen molar-refractivity contribution >= 4 is 46.8 Å². The smallest absolute Gasteiger partial charge is 0.243 e. The van der Waals surface area contributed by atoms with Crippen LogP contribution in [0.2, 0.25) is 10.0 Å². The third-order valence-electron chi connectivity index (χ3n) is 6.35. The van der Waals surface area contributed by atoms with Crippen molar-refractivity contribution in [3.63, 3.8) is 0 Å². The highest BCUT2D eigenvalue weighted by atomic mass is 35.5. The SMILES string of the molecule is CC[C@H](C)NC(=O)[C@H](Cc1ccccc1)N(Cc1ccccc1C)C(=O)CSCc1ccc(Cl)c(Cl)c1. The van der Waals surface area contributed by atoms with Gasteiger partial charge < -0.3 is 10.2 Å². The summed E-state index contributed by atoms with van der Waals surface area (Å²) in [6, 6.07) is 22.8. The van der Waals surface area contributed by atoms with Gasteiger partial charge in [-0.15, -0.1) is 11.8 Å². The lowest BCUT2D eigenvalue weighted by atomic mass is 10.0. The molecule has 0 aliphatic carbocycles. The molecule has 4 nitrogen and oxygen atoms in total. The van der Waals surface area contributed by atoms with Crippen LogP contribution in [0.1, 0.15) is 42.5 Å². The molecule has 2 atom stereocenters. The second kappa shape index (κ2) is 14.5. The first-order valence-corrected chi connectivity index (χ1v) is 14.4. The standard InChI is InChI=1S/C30H34Cl2N2O2S/c1-4-22(3)33-30(36)28(17-23-11-6-5-7-12-23)34(18-25-13-9-8-10-21(25)2)29(35)20-37-19-24-14-15-26(31)27(32)16-24/h5-16,22,28H,4,17-20H2,1-3H3,(H,33,36)/t22-,28-/m0/s1. The predicted octanol–water partition coefficient (Wildman–Crippen LogP) is 7.09. The second-order valence-corrected chi connectivity index (χ2v) is 11.0. The molecule has 3 rings (SSSR count). The first-order valence-electron chi connectivity index (χ1n) is 12.5. The van der Waals surface area contributed by atoms with Crippen molar-refractivity contribution in [3.8, 4) is 0 Å². The van der Waals surface area contributed by atoms with Gasteiger partial charge in [0.15, 0.2) is 0 Å². The first-order chi connectivity index (χ1) is 17.8. The highest BCUT2D eigenvalue weighted by Crippen LogP contribution is 2.25. The average Bonchev–Trinajstić information content (AvgIpc) is 2.89. The summed E-state index contributed by atoms with van der Waals surface area (Å²) >= 11 is 13.7. The summed E-state index contributed by atoms with van der Waals surface area (Å²) < 4.78 is 0. The number of nitrogens with one attached hydrogen (secondary N) is 1. The summed E-state index contributed by atoms with van der Waals surface area (Å²) in [5, 5.41) is 4.12. The molecule has 2 amide bonds. The van der Waals surface area contributed by atoms with Gasteiger partial charge in [0.1, 0.15) is 6.04 Å². The minimum absolute atomic E-state index is 0.0187. The van der Waals surface area contributed by atoms with Gasteiger partial charge in [-0.2, -0.15) is 0 Å². The number of thioether (sulfide) groups is 1. The Balaban J connectivity index is 1.86. The van der Waals surface area contributed by atoms with E-state index >= 15 is 0 Å². The number of hydrogen-bond acceptors (Lipinski definition) is 3. The summed E-state index contributed by atoms with van der Waals surface area (Å²) in [7, 11) is 0. The van der Waals surface area contributed by atoms with Crippen molar-refractivity contribution in [2.75, 3.05) is 5.75 Å². The lowest BCUT2D eigenvalue weighted by Crippen LogP contribution is -2.52. The Morgan fingerprint density at radius 2 is 1.65 bits per heavy atom. The molecule has 1 N–H and O–H groups in total. The number of hydrogen-bond donors (Lipinski definition) is 1. The van der Waals surface area contributed by atoms with Crippen LogP contribution in [0, 0.1) is 6.92 Å². The van der Waals surface area contributed by atoms with Gasteiger partial charge in [-0.25, -0.2) is 0 Å². The maximum absolute atomic E-state index is 13.7. The number of benzene rings is 3. The molecular formula is C30H34Cl2N2O2S. The second-order valence-electron chi connectivity index (χ2n) is 9.21. The summed E-state index contributed by atoms with van der Waals surface area (Å²) in [4.78, 5) is 29.0. The molecular weight excluding hydrogens is 523 g/mol. The predicted molar refractivity (Wildman–Crippen MR) is 156 cm³/mol. The van der Waals surface area contributed by atoms with E-state index in [-0.39, 0.29) is 23.6 Å². The zero-order chi connectivity index (χ0) is 26.8. The number of nitrogens with zero attached hydrogens (tertiary/aromatic N) is 1. The van der Waals surface area contributed by atoms with E-state index < -0.39 is 6.04 Å². The molecule has 0 aliphatic rings. The maximum atomic E-state index is 13.7. The fourth-order valence-electron chi connectivity index (χ4n) is 3.93. The Hall–Kier alpha value is -2.47. The molecule has 0 unspecified atom stereocenters. The number of carbonyl (C=O) groups excluding carboxylic acids is 2. The number of halogens is 2. The Kier molecular flexibility index (Phi) is 11.4. The van der Waals surface area contributed by atoms with Crippen LogP contribution in [-0.4, -0.2) is 34.6 Å². The first kappa shape index (κ1) is 29.1. The molecule has 0 saturated carbocycles. The fraction of sp³-hybridized carbons (Fsp3) is 0.333. The van der Waals surface area contributed by atoms with Crippen LogP contribution in [0.15, 0.2) is 72.8 Å². The summed E-state index contributed by atoms with van der Waals surface area (Å²) in [5.41, 5.74) is 4.12. The molecule has 3 aromatic rings. The van der Waals surface area contributed by atoms with Gasteiger partial charge in [0, 0.05) is 24.8 Å². The normalized spacial score (nSPS) is 12.6. The Morgan fingerprint density at radius 1 is 0.946 bits per heavy atom. The maximum Gasteiger partial charge on any atom is 0.243 e. The van der Waals surface area contributed by atoms with Crippen molar-refractivity contribution in [2.24, 2.45) is 0 Å². The third kappa shape index (κ3) is 8.80. The van der Waals surface area contributed by atoms with Crippen LogP contribution in [0.3, 0.4) is 0 Å². The molecule has 0 spiro atoms. The lowest BCUT2D eigenvalue weighted by molar-refractivity contribution is -0.139. The van der Waals surface area contributed by atoms with Crippen LogP contribution in [0.25, 0.3) is 0 Å². The minimum Gasteiger partial charge on any atom is -0.352 e. The monoisotopic (exact) mass is 556 g/mol. The molecule has 0 aromatic heterocycles. The quantitative estimate of drug-likeness (QED) is 0.259. The Labute approximate surface area is 234 Å². The number of aryl methyl sites for hydroxylation is 1. The molecule has 3 aromatic carbocycles. The third-order valence-corrected chi connectivity index (χ3v) is 8.08. The van der Waals surface area contributed by atoms with Crippen molar-refractivity contribution in [2.45, 2.75) is 58.0 Å². The average molecular weight is 558 g/mol. The number of carbonyl (C=O) groups is 2. The lowest BCUT2D eigenvalue weighted by Gasteiger charge is -2.32. The topological polar surface area (TPSA) is 49.4 Å². The summed E-state index contributed by atoms with van der Waals surface area (Å²) in [6.45, 7) is 6.41. The van der Waals surface area contributed by atoms with Gasteiger partial charge >= 0.3 is 0 Å². The molecule has 7 heteroatoms. The van der Waals surface area contributed by atoms with Crippen LogP contribution in [0.5, 0.6) is 0 Å². The van der Waals surface area contributed by atoms with Gasteiger partial charge in [0.05, 0.1) is 15.8 Å². The highest BCUT2D eigenvalue weighted by Gasteiger charge is 2.31. The van der Waals surface area contributed by atoms with E-state index in [0.29, 0.717) is 28.8 Å². The molecule has 0 saturated heterocycles. The zero-order valence-corrected chi connectivity index (χ0v) is 23.9. The number of rotatable bonds is 12. The van der Waals surface area contributed by atoms with E-state index in [9.17, 15) is 9.59 Å². The van der Waals surface area contributed by atoms with Gasteiger partial charge in [-0.1, -0.05) is 90.8 Å². The zero-order valence-electron chi connectivity index (χ0n) is 21.5. The van der Waals surface area contributed by atoms with E-state index in [1.807, 2.05) is 87.5 Å². The minimum atomic E-state index is -0.630. The van der Waals surface area contributed by atoms with E-state index in [0.717, 1.165) is 28.7 Å². The Morgan fingerprint density at radius 3 is 2.32 bits per heavy atom. The molecule has 0 fully saturated rings. The molecule has 0 bridgehead atoms. The van der Waals surface area contributed by atoms with E-state index in [2.05, 4.69) is 5.32 Å². The van der Waals surface area contributed by atoms with Crippen LogP contribution in [-0.2, 0) is 28.3 Å². The molecule has 37 heavy (non-hydrogen) atoms. The van der Waals surface area contributed by atoms with Crippen molar-refractivity contribution in [3.05, 3.63) is 105 Å². The Bertz CT molecular complexity index is 1190. The van der Waals surface area contributed by atoms with Crippen LogP contribution < -0.4 is 5.32 Å². The van der Waals surface area contributed by atoms with Crippen LogP contribution in [0.4, 0.5) is 0 Å². The number of amides is 2. The van der Waals surface area contributed by atoms with Crippen molar-refractivity contribution in [1.82, 2.24) is 10.2 Å². The van der Waals surface area contributed by atoms with Gasteiger partial charge in [-0.05, 0) is 54.7 Å². The van der Waals surface area contributed by atoms with Gasteiger partial charge in [0.25, 0.3) is 0 Å². The van der Waals surface area contributed by atoms with E-state index in [1.54, 1.807) is 11.0 Å². The molecule has 0 radical (unpaired) electrons. The van der Waals surface area contributed by atoms with Crippen LogP contribution >= 0.6 is 35.0 Å². The molecule has 0 heterocycles.